The SMILES string of the molecule is CC(C)(C)OC(=O)N1CCCC(CN2CC(CS(=O)(=O)F)CC2=O)C1. The lowest BCUT2D eigenvalue weighted by Gasteiger charge is -2.35. The molecule has 2 fully saturated rings. The fraction of sp³-hybridized carbons (Fsp3) is 0.875. The highest BCUT2D eigenvalue weighted by molar-refractivity contribution is 7.86. The fourth-order valence-electron chi connectivity index (χ4n) is 3.44. The molecule has 0 bridgehead atoms. The molecule has 2 aliphatic heterocycles. The molecule has 2 atom stereocenters. The maximum absolute atomic E-state index is 12.8. The maximum atomic E-state index is 12.8. The fourth-order valence-corrected chi connectivity index (χ4v) is 4.23. The summed E-state index contributed by atoms with van der Waals surface area (Å²) < 4.78 is 39.7. The number of hydrogen-bond donors (Lipinski definition) is 0. The minimum Gasteiger partial charge on any atom is -0.444 e. The van der Waals surface area contributed by atoms with Crippen LogP contribution in [0.4, 0.5) is 8.68 Å². The number of piperidine rings is 1. The van der Waals surface area contributed by atoms with Gasteiger partial charge in [0.2, 0.25) is 5.91 Å². The standard InChI is InChI=1S/C16H27FN2O5S/c1-16(2,3)24-15(21)18-6-4-5-12(8-18)9-19-10-13(7-14(19)20)11-25(17,22)23/h12-13H,4-11H2,1-3H3. The van der Waals surface area contributed by atoms with E-state index in [1.54, 1.807) is 9.80 Å². The van der Waals surface area contributed by atoms with E-state index in [1.165, 1.54) is 0 Å². The van der Waals surface area contributed by atoms with Gasteiger partial charge in [-0.15, -0.1) is 3.89 Å². The lowest BCUT2D eigenvalue weighted by Crippen LogP contribution is -2.45. The van der Waals surface area contributed by atoms with E-state index in [2.05, 4.69) is 0 Å². The van der Waals surface area contributed by atoms with E-state index in [-0.39, 0.29) is 30.9 Å². The molecular weight excluding hydrogens is 351 g/mol. The number of rotatable bonds is 4. The number of likely N-dealkylation sites (tertiary alicyclic amines) is 2. The molecule has 2 amide bonds. The Bertz CT molecular complexity index is 617. The van der Waals surface area contributed by atoms with Gasteiger partial charge in [0, 0.05) is 38.5 Å². The average Bonchev–Trinajstić information content (AvgIpc) is 2.74. The number of hydrogen-bond acceptors (Lipinski definition) is 5. The third-order valence-corrected chi connectivity index (χ3v) is 5.25. The van der Waals surface area contributed by atoms with Crippen molar-refractivity contribution in [2.45, 2.75) is 45.6 Å². The Morgan fingerprint density at radius 3 is 2.56 bits per heavy atom. The normalized spacial score (nSPS) is 25.4. The summed E-state index contributed by atoms with van der Waals surface area (Å²) in [5, 5.41) is 0. The number of halogens is 1. The van der Waals surface area contributed by atoms with Gasteiger partial charge in [-0.3, -0.25) is 4.79 Å². The third kappa shape index (κ3) is 6.45. The zero-order valence-corrected chi connectivity index (χ0v) is 15.8. The van der Waals surface area contributed by atoms with Gasteiger partial charge in [0.05, 0.1) is 5.75 Å². The lowest BCUT2D eigenvalue weighted by atomic mass is 9.98. The van der Waals surface area contributed by atoms with Crippen LogP contribution in [0.2, 0.25) is 0 Å². The number of carbonyl (C=O) groups is 2. The van der Waals surface area contributed by atoms with Crippen LogP contribution in [0.3, 0.4) is 0 Å². The minimum absolute atomic E-state index is 0.0612. The van der Waals surface area contributed by atoms with Crippen LogP contribution in [0.1, 0.15) is 40.0 Å². The summed E-state index contributed by atoms with van der Waals surface area (Å²) in [4.78, 5) is 27.5. The smallest absolute Gasteiger partial charge is 0.410 e. The highest BCUT2D eigenvalue weighted by Crippen LogP contribution is 2.25. The lowest BCUT2D eigenvalue weighted by molar-refractivity contribution is -0.128. The van der Waals surface area contributed by atoms with Crippen molar-refractivity contribution in [3.8, 4) is 0 Å². The van der Waals surface area contributed by atoms with Gasteiger partial charge in [0.25, 0.3) is 0 Å². The van der Waals surface area contributed by atoms with Crippen LogP contribution in [-0.2, 0) is 19.8 Å². The van der Waals surface area contributed by atoms with Crippen LogP contribution < -0.4 is 0 Å². The van der Waals surface area contributed by atoms with E-state index in [0.717, 1.165) is 12.8 Å². The third-order valence-electron chi connectivity index (χ3n) is 4.38. The Morgan fingerprint density at radius 1 is 1.28 bits per heavy atom. The molecule has 0 saturated carbocycles. The maximum Gasteiger partial charge on any atom is 0.410 e. The molecule has 2 saturated heterocycles. The summed E-state index contributed by atoms with van der Waals surface area (Å²) in [7, 11) is -4.57. The van der Waals surface area contributed by atoms with Crippen molar-refractivity contribution < 1.29 is 26.6 Å². The molecular formula is C16H27FN2O5S. The van der Waals surface area contributed by atoms with Gasteiger partial charge in [-0.25, -0.2) is 4.79 Å². The van der Waals surface area contributed by atoms with Gasteiger partial charge in [-0.05, 0) is 39.5 Å². The molecule has 9 heteroatoms. The summed E-state index contributed by atoms with van der Waals surface area (Å²) >= 11 is 0. The molecule has 2 rings (SSSR count). The second kappa shape index (κ2) is 7.47. The van der Waals surface area contributed by atoms with Gasteiger partial charge < -0.3 is 14.5 Å². The molecule has 0 aromatic heterocycles. The van der Waals surface area contributed by atoms with E-state index < -0.39 is 27.5 Å². The van der Waals surface area contributed by atoms with E-state index in [1.807, 2.05) is 20.8 Å². The monoisotopic (exact) mass is 378 g/mol. The molecule has 0 aromatic carbocycles. The van der Waals surface area contributed by atoms with Crippen LogP contribution in [-0.4, -0.2) is 67.8 Å². The molecule has 0 aromatic rings. The van der Waals surface area contributed by atoms with E-state index >= 15 is 0 Å². The zero-order valence-electron chi connectivity index (χ0n) is 15.0. The van der Waals surface area contributed by atoms with Crippen molar-refractivity contribution in [2.24, 2.45) is 11.8 Å². The topological polar surface area (TPSA) is 84.0 Å². The highest BCUT2D eigenvalue weighted by atomic mass is 32.3. The van der Waals surface area contributed by atoms with Crippen LogP contribution in [0.15, 0.2) is 0 Å². The largest absolute Gasteiger partial charge is 0.444 e. The molecule has 25 heavy (non-hydrogen) atoms. The summed E-state index contributed by atoms with van der Waals surface area (Å²) in [6, 6.07) is 0. The highest BCUT2D eigenvalue weighted by Gasteiger charge is 2.35. The number of carbonyl (C=O) groups excluding carboxylic acids is 2. The number of amides is 2. The van der Waals surface area contributed by atoms with Gasteiger partial charge >= 0.3 is 16.3 Å². The molecule has 2 aliphatic rings. The van der Waals surface area contributed by atoms with Gasteiger partial charge in [-0.2, -0.15) is 8.42 Å². The van der Waals surface area contributed by atoms with Crippen LogP contribution in [0.25, 0.3) is 0 Å². The van der Waals surface area contributed by atoms with Crippen LogP contribution in [0.5, 0.6) is 0 Å². The van der Waals surface area contributed by atoms with Crippen molar-refractivity contribution >= 4 is 22.2 Å². The van der Waals surface area contributed by atoms with Gasteiger partial charge in [0.1, 0.15) is 5.60 Å². The molecule has 0 aliphatic carbocycles. The first-order valence-electron chi connectivity index (χ1n) is 8.61. The summed E-state index contributed by atoms with van der Waals surface area (Å²) in [5.41, 5.74) is -0.556. The number of ether oxygens (including phenoxy) is 1. The Labute approximate surface area is 148 Å². The van der Waals surface area contributed by atoms with Crippen molar-refractivity contribution in [3.63, 3.8) is 0 Å². The predicted octanol–water partition coefficient (Wildman–Crippen LogP) is 1.78. The molecule has 2 unspecified atom stereocenters. The molecule has 2 heterocycles. The minimum atomic E-state index is -4.57. The first-order chi connectivity index (χ1) is 11.4. The van der Waals surface area contributed by atoms with Crippen molar-refractivity contribution in [1.82, 2.24) is 9.80 Å². The summed E-state index contributed by atoms with van der Waals surface area (Å²) in [6.45, 7) is 7.29. The molecule has 7 nitrogen and oxygen atoms in total. The molecule has 144 valence electrons. The predicted molar refractivity (Wildman–Crippen MR) is 90.1 cm³/mol. The second-order valence-electron chi connectivity index (χ2n) is 8.01. The molecule has 0 N–H and O–H groups in total. The average molecular weight is 378 g/mol. The Kier molecular flexibility index (Phi) is 5.96. The van der Waals surface area contributed by atoms with Crippen molar-refractivity contribution in [3.05, 3.63) is 0 Å². The molecule has 0 radical (unpaired) electrons. The van der Waals surface area contributed by atoms with E-state index in [9.17, 15) is 21.9 Å². The quantitative estimate of drug-likeness (QED) is 0.696. The summed E-state index contributed by atoms with van der Waals surface area (Å²) in [6.07, 6.45) is 1.42. The first kappa shape index (κ1) is 19.9. The first-order valence-corrected chi connectivity index (χ1v) is 10.2. The number of nitrogens with zero attached hydrogens (tertiary/aromatic N) is 2. The zero-order chi connectivity index (χ0) is 18.8. The van der Waals surface area contributed by atoms with E-state index in [4.69, 9.17) is 4.74 Å². The Morgan fingerprint density at radius 2 is 1.96 bits per heavy atom. The van der Waals surface area contributed by atoms with Crippen molar-refractivity contribution in [2.75, 3.05) is 31.9 Å². The van der Waals surface area contributed by atoms with Gasteiger partial charge in [-0.1, -0.05) is 0 Å². The van der Waals surface area contributed by atoms with Crippen LogP contribution >= 0.6 is 0 Å². The summed E-state index contributed by atoms with van der Waals surface area (Å²) in [5.74, 6) is -1.13. The van der Waals surface area contributed by atoms with Gasteiger partial charge in [0.15, 0.2) is 0 Å². The second-order valence-corrected chi connectivity index (χ2v) is 9.42. The van der Waals surface area contributed by atoms with E-state index in [0.29, 0.717) is 19.6 Å². The molecule has 0 spiro atoms. The Balaban J connectivity index is 1.88. The Hall–Kier alpha value is -1.38. The van der Waals surface area contributed by atoms with Crippen LogP contribution in [0, 0.1) is 11.8 Å². The van der Waals surface area contributed by atoms with Crippen molar-refractivity contribution in [1.29, 1.82) is 0 Å².